The molecule has 1 spiro atoms. The molecule has 1 aliphatic heterocycles. The first kappa shape index (κ1) is 29.2. The smallest absolute Gasteiger partial charge is 0.288 e. The number of alkyl halides is 2. The molecule has 0 radical (unpaired) electrons. The second-order valence-corrected chi connectivity index (χ2v) is 12.5. The molecule has 0 N–H and O–H groups in total. The largest absolute Gasteiger partial charge is 0.480 e. The second-order valence-electron chi connectivity index (χ2n) is 12.5. The van der Waals surface area contributed by atoms with E-state index < -0.39 is 11.5 Å². The van der Waals surface area contributed by atoms with Crippen molar-refractivity contribution >= 4 is 17.4 Å². The van der Waals surface area contributed by atoms with Crippen LogP contribution >= 0.6 is 0 Å². The summed E-state index contributed by atoms with van der Waals surface area (Å²) in [6.45, 7) is 7.64. The third-order valence-corrected chi connectivity index (χ3v) is 9.01. The Morgan fingerprint density at radius 3 is 2.42 bits per heavy atom. The third kappa shape index (κ3) is 4.90. The number of anilines is 2. The van der Waals surface area contributed by atoms with Crippen LogP contribution in [0.1, 0.15) is 82.3 Å². The Labute approximate surface area is 260 Å². The van der Waals surface area contributed by atoms with Gasteiger partial charge in [-0.2, -0.15) is 8.78 Å². The number of aromatic nitrogens is 6. The lowest BCUT2D eigenvalue weighted by molar-refractivity contribution is -0.121. The van der Waals surface area contributed by atoms with Crippen molar-refractivity contribution in [2.24, 2.45) is 0 Å². The fourth-order valence-corrected chi connectivity index (χ4v) is 6.26. The zero-order valence-electron chi connectivity index (χ0n) is 26.1. The van der Waals surface area contributed by atoms with Gasteiger partial charge in [-0.25, -0.2) is 24.9 Å². The number of carbonyl (C=O) groups is 1. The Kier molecular flexibility index (Phi) is 6.86. The van der Waals surface area contributed by atoms with E-state index in [0.29, 0.717) is 53.6 Å². The number of amides is 1. The van der Waals surface area contributed by atoms with Crippen molar-refractivity contribution in [3.63, 3.8) is 0 Å². The summed E-state index contributed by atoms with van der Waals surface area (Å²) in [5.41, 5.74) is 3.00. The lowest BCUT2D eigenvalue weighted by Crippen LogP contribution is -2.55. The number of methoxy groups -OCH3 is 1. The maximum atomic E-state index is 14.1. The molecule has 2 fully saturated rings. The van der Waals surface area contributed by atoms with Gasteiger partial charge < -0.3 is 19.1 Å². The molecule has 1 aromatic carbocycles. The van der Waals surface area contributed by atoms with Gasteiger partial charge in [-0.3, -0.25) is 4.79 Å². The van der Waals surface area contributed by atoms with Crippen LogP contribution in [0.25, 0.3) is 22.8 Å². The molecule has 12 heteroatoms. The molecule has 3 aliphatic rings. The van der Waals surface area contributed by atoms with Crippen molar-refractivity contribution < 1.29 is 18.3 Å². The monoisotopic (exact) mass is 614 g/mol. The molecule has 2 saturated carbocycles. The topological polar surface area (TPSA) is 102 Å². The van der Waals surface area contributed by atoms with Crippen LogP contribution in [0.4, 0.5) is 20.3 Å². The minimum Gasteiger partial charge on any atom is -0.480 e. The lowest BCUT2D eigenvalue weighted by Gasteiger charge is -2.42. The zero-order valence-corrected chi connectivity index (χ0v) is 26.1. The van der Waals surface area contributed by atoms with E-state index in [0.717, 1.165) is 49.4 Å². The summed E-state index contributed by atoms with van der Waals surface area (Å²) in [6.07, 6.45) is 8.21. The van der Waals surface area contributed by atoms with Gasteiger partial charge in [0.25, 0.3) is 11.8 Å². The van der Waals surface area contributed by atoms with Crippen molar-refractivity contribution in [2.75, 3.05) is 23.5 Å². The molecule has 4 heterocycles. The number of hydrogen-bond acceptors (Lipinski definition) is 8. The predicted octanol–water partition coefficient (Wildman–Crippen LogP) is 6.28. The maximum absolute atomic E-state index is 14.1. The highest BCUT2D eigenvalue weighted by Gasteiger charge is 2.60. The van der Waals surface area contributed by atoms with Crippen LogP contribution in [0.15, 0.2) is 43.0 Å². The average molecular weight is 615 g/mol. The molecule has 7 rings (SSSR count). The van der Waals surface area contributed by atoms with Crippen molar-refractivity contribution in [1.29, 1.82) is 0 Å². The Bertz CT molecular complexity index is 1770. The fraction of sp³-hybridized carbons (Fsp3) is 0.455. The summed E-state index contributed by atoms with van der Waals surface area (Å²) in [5, 5.41) is 0. The van der Waals surface area contributed by atoms with E-state index in [9.17, 15) is 13.6 Å². The molecule has 0 saturated heterocycles. The summed E-state index contributed by atoms with van der Waals surface area (Å²) in [7, 11) is 1.58. The van der Waals surface area contributed by atoms with Gasteiger partial charge in [0, 0.05) is 43.7 Å². The van der Waals surface area contributed by atoms with Gasteiger partial charge in [-0.1, -0.05) is 24.3 Å². The highest BCUT2D eigenvalue weighted by atomic mass is 19.3. The van der Waals surface area contributed by atoms with Crippen molar-refractivity contribution in [2.45, 2.75) is 83.3 Å². The molecule has 10 nitrogen and oxygen atoms in total. The van der Waals surface area contributed by atoms with Gasteiger partial charge in [0.1, 0.15) is 34.6 Å². The van der Waals surface area contributed by atoms with E-state index in [-0.39, 0.29) is 17.6 Å². The summed E-state index contributed by atoms with van der Waals surface area (Å²) in [5.74, 6) is -0.592. The minimum atomic E-state index is -3.04. The Morgan fingerprint density at radius 1 is 1.09 bits per heavy atom. The minimum absolute atomic E-state index is 0.0432. The van der Waals surface area contributed by atoms with E-state index >= 15 is 0 Å². The molecule has 3 aromatic heterocycles. The van der Waals surface area contributed by atoms with Crippen LogP contribution in [0.3, 0.4) is 0 Å². The molecule has 4 aromatic rings. The van der Waals surface area contributed by atoms with E-state index in [1.54, 1.807) is 22.8 Å². The second kappa shape index (κ2) is 10.6. The van der Waals surface area contributed by atoms with E-state index in [4.69, 9.17) is 14.7 Å². The first-order valence-corrected chi connectivity index (χ1v) is 15.5. The summed E-state index contributed by atoms with van der Waals surface area (Å²) in [6, 6.07) is 7.69. The van der Waals surface area contributed by atoms with Gasteiger partial charge in [0.05, 0.1) is 19.0 Å². The summed E-state index contributed by atoms with van der Waals surface area (Å²) in [4.78, 5) is 40.8. The van der Waals surface area contributed by atoms with Gasteiger partial charge in [0.2, 0.25) is 5.88 Å². The number of halogens is 2. The predicted molar refractivity (Wildman–Crippen MR) is 165 cm³/mol. The lowest BCUT2D eigenvalue weighted by atomic mass is 10.0. The van der Waals surface area contributed by atoms with Gasteiger partial charge in [-0.15, -0.1) is 0 Å². The number of imidazole rings is 1. The molecule has 45 heavy (non-hydrogen) atoms. The zero-order chi connectivity index (χ0) is 31.7. The first-order valence-electron chi connectivity index (χ1n) is 15.5. The van der Waals surface area contributed by atoms with Crippen LogP contribution in [0.2, 0.25) is 0 Å². The Balaban J connectivity index is 1.28. The number of ether oxygens (including phenoxy) is 1. The highest BCUT2D eigenvalue weighted by Crippen LogP contribution is 2.53. The van der Waals surface area contributed by atoms with E-state index in [2.05, 4.69) is 19.9 Å². The number of likely N-dealkylation sites (N-methyl/N-ethyl adjacent to an activating group) is 1. The van der Waals surface area contributed by atoms with Crippen molar-refractivity contribution in [3.05, 3.63) is 59.9 Å². The van der Waals surface area contributed by atoms with Crippen LogP contribution in [0, 0.1) is 0 Å². The van der Waals surface area contributed by atoms with Crippen LogP contribution in [0.5, 0.6) is 5.88 Å². The number of carbonyl (C=O) groups excluding carboxylic acids is 1. The molecule has 0 atom stereocenters. The number of nitrogens with zero attached hydrogens (tertiary/aromatic N) is 8. The van der Waals surface area contributed by atoms with Crippen molar-refractivity contribution in [3.8, 4) is 28.7 Å². The first-order chi connectivity index (χ1) is 21.6. The molecular weight excluding hydrogens is 578 g/mol. The van der Waals surface area contributed by atoms with Crippen LogP contribution < -0.4 is 14.5 Å². The van der Waals surface area contributed by atoms with Gasteiger partial charge >= 0.3 is 0 Å². The number of fused-ring (bicyclic) bond motifs is 1. The van der Waals surface area contributed by atoms with Gasteiger partial charge in [-0.05, 0) is 52.0 Å². The SMILES string of the molecule is CCN1C(=O)C2(CC2)N(Cc2ccc(-c3nc(C(C)(F)F)cn3C(C)C)cc2)c2nc(-c3c(OC)ncnc3C3CC3)ncc21. The molecule has 234 valence electrons. The molecule has 2 aliphatic carbocycles. The number of hydrogen-bond donors (Lipinski definition) is 0. The molecule has 1 amide bonds. The fourth-order valence-electron chi connectivity index (χ4n) is 6.26. The average Bonchev–Trinajstić information content (AvgIpc) is 3.96. The number of benzene rings is 1. The summed E-state index contributed by atoms with van der Waals surface area (Å²) >= 11 is 0. The quantitative estimate of drug-likeness (QED) is 0.217. The number of rotatable bonds is 9. The molecule has 0 unspecified atom stereocenters. The maximum Gasteiger partial charge on any atom is 0.288 e. The Hall–Kier alpha value is -4.48. The standard InChI is InChI=1S/C33H36F2N8O2/c1-6-41-23-15-36-27(25-26(21-11-12-21)37-18-38-30(25)45-5)40-29(23)43(33(13-14-33)31(41)44)16-20-7-9-22(10-8-20)28-39-24(32(4,34)35)17-42(28)19(2)3/h7-10,15,17-19,21H,6,11-14,16H2,1-5H3. The normalized spacial score (nSPS) is 17.3. The van der Waals surface area contributed by atoms with E-state index in [1.807, 2.05) is 45.0 Å². The molecular formula is C33H36F2N8O2. The highest BCUT2D eigenvalue weighted by molar-refractivity contribution is 6.09. The summed E-state index contributed by atoms with van der Waals surface area (Å²) < 4.78 is 35.7. The third-order valence-electron chi connectivity index (χ3n) is 9.01. The van der Waals surface area contributed by atoms with Crippen molar-refractivity contribution in [1.82, 2.24) is 29.5 Å². The van der Waals surface area contributed by atoms with Crippen LogP contribution in [-0.4, -0.2) is 54.6 Å². The van der Waals surface area contributed by atoms with Gasteiger partial charge in [0.15, 0.2) is 11.6 Å². The molecule has 0 bridgehead atoms. The Morgan fingerprint density at radius 2 is 1.82 bits per heavy atom. The van der Waals surface area contributed by atoms with E-state index in [1.165, 1.54) is 12.5 Å². The van der Waals surface area contributed by atoms with Crippen LogP contribution in [-0.2, 0) is 17.3 Å².